The van der Waals surface area contributed by atoms with E-state index in [2.05, 4.69) is 28.2 Å². The number of aryl methyl sites for hydroxylation is 1. The Hall–Kier alpha value is -1.39. The van der Waals surface area contributed by atoms with E-state index in [0.717, 1.165) is 26.9 Å². The summed E-state index contributed by atoms with van der Waals surface area (Å²) in [5.74, 6) is 0.562. The van der Waals surface area contributed by atoms with Crippen LogP contribution in [0.4, 0.5) is 4.39 Å². The molecule has 1 N–H and O–H groups in total. The van der Waals surface area contributed by atoms with Gasteiger partial charge in [-0.25, -0.2) is 4.39 Å². The van der Waals surface area contributed by atoms with Crippen LogP contribution in [0.5, 0.6) is 5.75 Å². The van der Waals surface area contributed by atoms with Gasteiger partial charge in [-0.1, -0.05) is 28.1 Å². The normalized spacial score (nSPS) is 12.2. The van der Waals surface area contributed by atoms with Gasteiger partial charge in [-0.15, -0.1) is 0 Å². The van der Waals surface area contributed by atoms with Crippen LogP contribution in [0.25, 0.3) is 0 Å². The Balaban J connectivity index is 2.23. The fourth-order valence-corrected chi connectivity index (χ4v) is 2.44. The van der Waals surface area contributed by atoms with Crippen molar-refractivity contribution in [1.82, 2.24) is 5.32 Å². The summed E-state index contributed by atoms with van der Waals surface area (Å²) in [6, 6.07) is 10.9. The van der Waals surface area contributed by atoms with E-state index in [9.17, 15) is 4.39 Å². The van der Waals surface area contributed by atoms with Gasteiger partial charge in [0.2, 0.25) is 0 Å². The van der Waals surface area contributed by atoms with Gasteiger partial charge in [0.15, 0.2) is 0 Å². The summed E-state index contributed by atoms with van der Waals surface area (Å²) < 4.78 is 20.2. The van der Waals surface area contributed by atoms with E-state index in [4.69, 9.17) is 4.74 Å². The maximum Gasteiger partial charge on any atom is 0.125 e. The molecule has 2 aromatic rings. The maximum atomic E-state index is 13.3. The first-order chi connectivity index (χ1) is 10.0. The lowest BCUT2D eigenvalue weighted by Gasteiger charge is -2.17. The Morgan fingerprint density at radius 3 is 2.71 bits per heavy atom. The third-order valence-corrected chi connectivity index (χ3v) is 4.06. The summed E-state index contributed by atoms with van der Waals surface area (Å²) in [6.07, 6.45) is 0. The fraction of sp³-hybridized carbons (Fsp3) is 0.294. The number of ether oxygens (including phenoxy) is 1. The Labute approximate surface area is 133 Å². The number of hydrogen-bond donors (Lipinski definition) is 1. The molecule has 21 heavy (non-hydrogen) atoms. The van der Waals surface area contributed by atoms with Gasteiger partial charge in [-0.3, -0.25) is 0 Å². The van der Waals surface area contributed by atoms with Gasteiger partial charge in [0.25, 0.3) is 0 Å². The highest BCUT2D eigenvalue weighted by atomic mass is 79.9. The van der Waals surface area contributed by atoms with Gasteiger partial charge in [0, 0.05) is 16.1 Å². The van der Waals surface area contributed by atoms with Gasteiger partial charge in [0.1, 0.15) is 18.2 Å². The fourth-order valence-electron chi connectivity index (χ4n) is 2.10. The number of nitrogens with one attached hydrogen (secondary N) is 1. The van der Waals surface area contributed by atoms with Gasteiger partial charge in [0.05, 0.1) is 0 Å². The smallest absolute Gasteiger partial charge is 0.125 e. The van der Waals surface area contributed by atoms with E-state index < -0.39 is 0 Å². The molecule has 0 aliphatic heterocycles. The van der Waals surface area contributed by atoms with E-state index in [0.29, 0.717) is 6.61 Å². The maximum absolute atomic E-state index is 13.3. The van der Waals surface area contributed by atoms with E-state index in [-0.39, 0.29) is 11.9 Å². The highest BCUT2D eigenvalue weighted by Crippen LogP contribution is 2.29. The second-order valence-corrected chi connectivity index (χ2v) is 5.97. The molecule has 0 heterocycles. The minimum absolute atomic E-state index is 0.182. The zero-order valence-corrected chi connectivity index (χ0v) is 14.0. The molecule has 0 spiro atoms. The molecule has 2 nitrogen and oxygen atoms in total. The first-order valence-electron chi connectivity index (χ1n) is 6.86. The van der Waals surface area contributed by atoms with Crippen LogP contribution in [-0.2, 0) is 6.61 Å². The molecule has 1 atom stereocenters. The summed E-state index contributed by atoms with van der Waals surface area (Å²) in [6.45, 7) is 4.38. The van der Waals surface area contributed by atoms with Crippen molar-refractivity contribution < 1.29 is 9.13 Å². The van der Waals surface area contributed by atoms with Crippen molar-refractivity contribution in [3.8, 4) is 5.75 Å². The largest absolute Gasteiger partial charge is 0.489 e. The second-order valence-electron chi connectivity index (χ2n) is 5.05. The molecule has 0 fully saturated rings. The summed E-state index contributed by atoms with van der Waals surface area (Å²) in [4.78, 5) is 0. The zero-order valence-electron chi connectivity index (χ0n) is 12.4. The van der Waals surface area contributed by atoms with Crippen LogP contribution in [0.1, 0.15) is 29.7 Å². The first-order valence-corrected chi connectivity index (χ1v) is 7.65. The molecule has 112 valence electrons. The number of halogens is 2. The SMILES string of the molecule is CNC(C)c1ccc(Br)cc1OCc1cc(F)ccc1C. The Morgan fingerprint density at radius 1 is 1.24 bits per heavy atom. The minimum Gasteiger partial charge on any atom is -0.489 e. The Bertz CT molecular complexity index is 630. The lowest BCUT2D eigenvalue weighted by atomic mass is 10.1. The third-order valence-electron chi connectivity index (χ3n) is 3.57. The summed E-state index contributed by atoms with van der Waals surface area (Å²) in [5, 5.41) is 3.20. The second kappa shape index (κ2) is 7.05. The molecule has 0 aliphatic rings. The van der Waals surface area contributed by atoms with Crippen LogP contribution in [0, 0.1) is 12.7 Å². The number of benzene rings is 2. The molecule has 0 radical (unpaired) electrons. The topological polar surface area (TPSA) is 21.3 Å². The van der Waals surface area contributed by atoms with Gasteiger partial charge in [-0.05, 0) is 56.3 Å². The van der Waals surface area contributed by atoms with Gasteiger partial charge in [-0.2, -0.15) is 0 Å². The first kappa shape index (κ1) is 16.0. The zero-order chi connectivity index (χ0) is 15.4. The monoisotopic (exact) mass is 351 g/mol. The van der Waals surface area contributed by atoms with Crippen molar-refractivity contribution in [3.05, 3.63) is 63.4 Å². The van der Waals surface area contributed by atoms with E-state index >= 15 is 0 Å². The van der Waals surface area contributed by atoms with Crippen LogP contribution in [0.15, 0.2) is 40.9 Å². The molecule has 0 saturated carbocycles. The summed E-state index contributed by atoms with van der Waals surface area (Å²) >= 11 is 3.46. The molecule has 1 unspecified atom stereocenters. The lowest BCUT2D eigenvalue weighted by molar-refractivity contribution is 0.298. The highest BCUT2D eigenvalue weighted by molar-refractivity contribution is 9.10. The number of rotatable bonds is 5. The lowest BCUT2D eigenvalue weighted by Crippen LogP contribution is -2.14. The van der Waals surface area contributed by atoms with E-state index in [1.807, 2.05) is 32.2 Å². The van der Waals surface area contributed by atoms with Gasteiger partial charge < -0.3 is 10.1 Å². The van der Waals surface area contributed by atoms with Crippen LogP contribution in [0.3, 0.4) is 0 Å². The average Bonchev–Trinajstić information content (AvgIpc) is 2.47. The van der Waals surface area contributed by atoms with Crippen molar-refractivity contribution in [2.75, 3.05) is 7.05 Å². The van der Waals surface area contributed by atoms with Crippen molar-refractivity contribution in [1.29, 1.82) is 0 Å². The van der Waals surface area contributed by atoms with E-state index in [1.165, 1.54) is 12.1 Å². The Kier molecular flexibility index (Phi) is 5.37. The van der Waals surface area contributed by atoms with Crippen LogP contribution < -0.4 is 10.1 Å². The Morgan fingerprint density at radius 2 is 2.00 bits per heavy atom. The van der Waals surface area contributed by atoms with Gasteiger partial charge >= 0.3 is 0 Å². The van der Waals surface area contributed by atoms with E-state index in [1.54, 1.807) is 6.07 Å². The molecule has 0 aromatic heterocycles. The predicted molar refractivity (Wildman–Crippen MR) is 87.1 cm³/mol. The molecule has 0 aliphatic carbocycles. The molecular weight excluding hydrogens is 333 g/mol. The van der Waals surface area contributed by atoms with Crippen LogP contribution in [0.2, 0.25) is 0 Å². The summed E-state index contributed by atoms with van der Waals surface area (Å²) in [7, 11) is 1.91. The standard InChI is InChI=1S/C17H19BrFNO/c1-11-4-6-15(19)8-13(11)10-21-17-9-14(18)5-7-16(17)12(2)20-3/h4-9,12,20H,10H2,1-3H3. The minimum atomic E-state index is -0.239. The predicted octanol–water partition coefficient (Wildman–Crippen LogP) is 4.76. The molecule has 4 heteroatoms. The molecule has 0 bridgehead atoms. The van der Waals surface area contributed by atoms with Crippen LogP contribution >= 0.6 is 15.9 Å². The van der Waals surface area contributed by atoms with Crippen molar-refractivity contribution in [3.63, 3.8) is 0 Å². The number of hydrogen-bond acceptors (Lipinski definition) is 2. The molecule has 2 rings (SSSR count). The molecule has 0 saturated heterocycles. The van der Waals surface area contributed by atoms with Crippen molar-refractivity contribution >= 4 is 15.9 Å². The van der Waals surface area contributed by atoms with Crippen molar-refractivity contribution in [2.45, 2.75) is 26.5 Å². The highest BCUT2D eigenvalue weighted by Gasteiger charge is 2.11. The quantitative estimate of drug-likeness (QED) is 0.838. The molecular formula is C17H19BrFNO. The third kappa shape index (κ3) is 4.05. The summed E-state index contributed by atoms with van der Waals surface area (Å²) in [5.41, 5.74) is 2.96. The molecule has 2 aromatic carbocycles. The van der Waals surface area contributed by atoms with Crippen LogP contribution in [-0.4, -0.2) is 7.05 Å². The average molecular weight is 352 g/mol. The molecule has 0 amide bonds. The van der Waals surface area contributed by atoms with Crippen molar-refractivity contribution in [2.24, 2.45) is 0 Å².